The zero-order valence-electron chi connectivity index (χ0n) is 17.5. The number of amides is 1. The van der Waals surface area contributed by atoms with Crippen molar-refractivity contribution in [3.63, 3.8) is 0 Å². The molecule has 4 aromatic rings. The summed E-state index contributed by atoms with van der Waals surface area (Å²) in [6.45, 7) is 6.06. The van der Waals surface area contributed by atoms with E-state index in [1.165, 1.54) is 11.0 Å². The second-order valence-corrected chi connectivity index (χ2v) is 7.49. The highest BCUT2D eigenvalue weighted by molar-refractivity contribution is 5.95. The van der Waals surface area contributed by atoms with Crippen LogP contribution in [0.4, 0.5) is 4.39 Å². The summed E-state index contributed by atoms with van der Waals surface area (Å²) in [6, 6.07) is 9.02. The van der Waals surface area contributed by atoms with Crippen molar-refractivity contribution in [2.45, 2.75) is 19.5 Å². The van der Waals surface area contributed by atoms with E-state index >= 15 is 0 Å². The summed E-state index contributed by atoms with van der Waals surface area (Å²) in [7, 11) is 0. The molecule has 0 spiro atoms. The molecular formula is C23H23FN6O2. The van der Waals surface area contributed by atoms with Gasteiger partial charge in [0.2, 0.25) is 5.91 Å². The molecule has 0 radical (unpaired) electrons. The minimum absolute atomic E-state index is 0.167. The fraction of sp³-hybridized carbons (Fsp3) is 0.217. The maximum atomic E-state index is 12.4. The van der Waals surface area contributed by atoms with Crippen LogP contribution in [0.15, 0.2) is 55.4 Å². The molecule has 1 saturated heterocycles. The van der Waals surface area contributed by atoms with Gasteiger partial charge >= 0.3 is 0 Å². The fourth-order valence-corrected chi connectivity index (χ4v) is 3.64. The van der Waals surface area contributed by atoms with Crippen LogP contribution in [0, 0.1) is 6.92 Å². The average molecular weight is 434 g/mol. The second kappa shape index (κ2) is 9.01. The van der Waals surface area contributed by atoms with Crippen molar-refractivity contribution in [3.8, 4) is 28.1 Å². The Hall–Kier alpha value is -4.01. The summed E-state index contributed by atoms with van der Waals surface area (Å²) in [5.41, 5.74) is 5.01. The minimum atomic E-state index is -0.830. The first-order valence-corrected chi connectivity index (χ1v) is 10.2. The van der Waals surface area contributed by atoms with Crippen LogP contribution in [-0.2, 0) is 4.79 Å². The first-order valence-electron chi connectivity index (χ1n) is 10.2. The Morgan fingerprint density at radius 3 is 2.75 bits per heavy atom. The number of aromatic amines is 2. The number of nitrogens with one attached hydrogen (secondary N) is 2. The predicted octanol–water partition coefficient (Wildman–Crippen LogP) is 3.77. The lowest BCUT2D eigenvalue weighted by Crippen LogP contribution is -2.26. The van der Waals surface area contributed by atoms with Gasteiger partial charge in [0.1, 0.15) is 11.9 Å². The number of alkyl halides is 1. The number of aromatic nitrogens is 5. The molecule has 0 aliphatic carbocycles. The number of rotatable bonds is 3. The smallest absolute Gasteiger partial charge is 0.246 e. The molecular weight excluding hydrogens is 411 g/mol. The molecule has 8 nitrogen and oxygen atoms in total. The first kappa shape index (κ1) is 21.2. The van der Waals surface area contributed by atoms with E-state index in [0.29, 0.717) is 29.9 Å². The molecule has 164 valence electrons. The number of carbonyl (C=O) groups is 1. The number of aryl methyl sites for hydroxylation is 1. The summed E-state index contributed by atoms with van der Waals surface area (Å²) >= 11 is 0. The molecule has 3 aromatic heterocycles. The number of aromatic hydroxyl groups is 1. The van der Waals surface area contributed by atoms with E-state index in [4.69, 9.17) is 0 Å². The lowest BCUT2D eigenvalue weighted by molar-refractivity contribution is -0.125. The number of likely N-dealkylation sites (tertiary alicyclic amines) is 1. The molecule has 0 saturated carbocycles. The Bertz CT molecular complexity index is 1260. The SMILES string of the molecule is C=CC(=O)N1CCC(F)C1.Cc1[nH]ncc1-c1c[nH]c2nnc(-c3ccccc3O)cc12. The predicted molar refractivity (Wildman–Crippen MR) is 120 cm³/mol. The molecule has 1 aromatic carbocycles. The molecule has 1 fully saturated rings. The number of H-pyrrole nitrogens is 2. The Kier molecular flexibility index (Phi) is 5.98. The van der Waals surface area contributed by atoms with Gasteiger partial charge < -0.3 is 15.0 Å². The summed E-state index contributed by atoms with van der Waals surface area (Å²) < 4.78 is 12.4. The molecule has 5 rings (SSSR count). The molecule has 1 amide bonds. The van der Waals surface area contributed by atoms with Gasteiger partial charge in [0.25, 0.3) is 0 Å². The van der Waals surface area contributed by atoms with E-state index in [-0.39, 0.29) is 18.2 Å². The van der Waals surface area contributed by atoms with Crippen LogP contribution in [0.3, 0.4) is 0 Å². The van der Waals surface area contributed by atoms with Gasteiger partial charge in [-0.25, -0.2) is 4.39 Å². The Balaban J connectivity index is 0.000000207. The van der Waals surface area contributed by atoms with Gasteiger partial charge in [-0.2, -0.15) is 5.10 Å². The highest BCUT2D eigenvalue weighted by Gasteiger charge is 2.23. The molecule has 1 unspecified atom stereocenters. The zero-order valence-corrected chi connectivity index (χ0v) is 17.5. The number of para-hydroxylation sites is 1. The number of nitrogens with zero attached hydrogens (tertiary/aromatic N) is 4. The van der Waals surface area contributed by atoms with Crippen LogP contribution in [0.1, 0.15) is 12.1 Å². The Morgan fingerprint density at radius 1 is 1.28 bits per heavy atom. The molecule has 0 bridgehead atoms. The Labute approximate surface area is 183 Å². The van der Waals surface area contributed by atoms with Crippen LogP contribution in [0.5, 0.6) is 5.75 Å². The van der Waals surface area contributed by atoms with Crippen LogP contribution in [0.25, 0.3) is 33.4 Å². The number of benzene rings is 1. The molecule has 9 heteroatoms. The van der Waals surface area contributed by atoms with Gasteiger partial charge in [-0.3, -0.25) is 9.89 Å². The van der Waals surface area contributed by atoms with Crippen molar-refractivity contribution < 1.29 is 14.3 Å². The fourth-order valence-electron chi connectivity index (χ4n) is 3.64. The first-order chi connectivity index (χ1) is 15.5. The molecule has 1 atom stereocenters. The lowest BCUT2D eigenvalue weighted by atomic mass is 10.1. The van der Waals surface area contributed by atoms with Crippen LogP contribution in [0.2, 0.25) is 0 Å². The van der Waals surface area contributed by atoms with Gasteiger partial charge in [0.05, 0.1) is 18.4 Å². The van der Waals surface area contributed by atoms with Gasteiger partial charge in [-0.05, 0) is 37.6 Å². The van der Waals surface area contributed by atoms with E-state index in [0.717, 1.165) is 22.2 Å². The molecule has 4 heterocycles. The Morgan fingerprint density at radius 2 is 2.09 bits per heavy atom. The number of carbonyl (C=O) groups excluding carboxylic acids is 1. The van der Waals surface area contributed by atoms with E-state index in [1.54, 1.807) is 18.3 Å². The lowest BCUT2D eigenvalue weighted by Gasteiger charge is -2.10. The standard InChI is InChI=1S/C16H13N5O.C7H10FNO/c1-9-12(8-18-19-9)13-7-17-16-11(13)6-14(20-21-16)10-4-2-3-5-15(10)22;1-2-7(10)9-4-3-6(8)5-9/h2-8,22H,1H3,(H,17,21)(H,18,19);2,6H,1,3-5H2. The maximum Gasteiger partial charge on any atom is 0.246 e. The van der Waals surface area contributed by atoms with Gasteiger partial charge in [-0.1, -0.05) is 18.7 Å². The molecule has 1 aliphatic heterocycles. The zero-order chi connectivity index (χ0) is 22.7. The van der Waals surface area contributed by atoms with E-state index in [2.05, 4.69) is 32.0 Å². The van der Waals surface area contributed by atoms with Crippen molar-refractivity contribution in [3.05, 3.63) is 61.1 Å². The van der Waals surface area contributed by atoms with Gasteiger partial charge in [0.15, 0.2) is 5.65 Å². The number of hydrogen-bond acceptors (Lipinski definition) is 5. The third-order valence-electron chi connectivity index (χ3n) is 5.35. The van der Waals surface area contributed by atoms with E-state index in [9.17, 15) is 14.3 Å². The van der Waals surface area contributed by atoms with Crippen LogP contribution >= 0.6 is 0 Å². The number of phenolic OH excluding ortho intramolecular Hbond substituents is 1. The third kappa shape index (κ3) is 4.22. The summed E-state index contributed by atoms with van der Waals surface area (Å²) in [5, 5.41) is 26.3. The molecule has 32 heavy (non-hydrogen) atoms. The number of hydrogen-bond donors (Lipinski definition) is 3. The van der Waals surface area contributed by atoms with Crippen molar-refractivity contribution in [2.75, 3.05) is 13.1 Å². The largest absolute Gasteiger partial charge is 0.507 e. The van der Waals surface area contributed by atoms with Crippen molar-refractivity contribution >= 4 is 16.9 Å². The van der Waals surface area contributed by atoms with Crippen molar-refractivity contribution in [1.82, 2.24) is 30.3 Å². The van der Waals surface area contributed by atoms with Gasteiger partial charge in [0, 0.05) is 40.5 Å². The third-order valence-corrected chi connectivity index (χ3v) is 5.35. The number of phenols is 1. The summed E-state index contributed by atoms with van der Waals surface area (Å²) in [5.74, 6) is 0.0212. The average Bonchev–Trinajstić information content (AvgIpc) is 3.53. The monoisotopic (exact) mass is 434 g/mol. The summed E-state index contributed by atoms with van der Waals surface area (Å²) in [6.07, 6.45) is 4.55. The summed E-state index contributed by atoms with van der Waals surface area (Å²) in [4.78, 5) is 15.4. The van der Waals surface area contributed by atoms with E-state index in [1.807, 2.05) is 31.3 Å². The molecule has 1 aliphatic rings. The quantitative estimate of drug-likeness (QED) is 0.425. The second-order valence-electron chi connectivity index (χ2n) is 7.49. The van der Waals surface area contributed by atoms with Crippen molar-refractivity contribution in [2.24, 2.45) is 0 Å². The highest BCUT2D eigenvalue weighted by Crippen LogP contribution is 2.33. The maximum absolute atomic E-state index is 12.4. The molecule has 3 N–H and O–H groups in total. The minimum Gasteiger partial charge on any atom is -0.507 e. The number of halogens is 1. The van der Waals surface area contributed by atoms with Gasteiger partial charge in [-0.15, -0.1) is 10.2 Å². The number of fused-ring (bicyclic) bond motifs is 1. The van der Waals surface area contributed by atoms with Crippen molar-refractivity contribution in [1.29, 1.82) is 0 Å². The highest BCUT2D eigenvalue weighted by atomic mass is 19.1. The topological polar surface area (TPSA) is 111 Å². The van der Waals surface area contributed by atoms with E-state index < -0.39 is 6.17 Å². The van der Waals surface area contributed by atoms with Crippen LogP contribution < -0.4 is 0 Å². The normalized spacial score (nSPS) is 15.4. The van der Waals surface area contributed by atoms with Crippen LogP contribution in [-0.4, -0.2) is 60.6 Å².